The van der Waals surface area contributed by atoms with Gasteiger partial charge >= 0.3 is 0 Å². The van der Waals surface area contributed by atoms with E-state index in [4.69, 9.17) is 0 Å². The Kier molecular flexibility index (Phi) is 6.05. The maximum Gasteiger partial charge on any atom is 0.0548 e. The highest BCUT2D eigenvalue weighted by Crippen LogP contribution is 2.44. The van der Waals surface area contributed by atoms with Gasteiger partial charge in [-0.15, -0.1) is 0 Å². The van der Waals surface area contributed by atoms with Gasteiger partial charge in [0, 0.05) is 32.9 Å². The number of rotatable bonds is 4. The van der Waals surface area contributed by atoms with Gasteiger partial charge in [-0.2, -0.15) is 0 Å². The fraction of sp³-hybridized carbons (Fsp3) is 0.0204. The maximum absolute atomic E-state index is 2.47. The molecule has 2 heteroatoms. The lowest BCUT2D eigenvalue weighted by molar-refractivity contribution is 1.17. The van der Waals surface area contributed by atoms with Gasteiger partial charge in [0.25, 0.3) is 0 Å². The third kappa shape index (κ3) is 4.23. The Morgan fingerprint density at radius 3 is 1.55 bits per heavy atom. The van der Waals surface area contributed by atoms with Gasteiger partial charge in [0.15, 0.2) is 0 Å². The van der Waals surface area contributed by atoms with E-state index in [1.807, 2.05) is 0 Å². The first-order chi connectivity index (χ1) is 25.3. The summed E-state index contributed by atoms with van der Waals surface area (Å²) in [4.78, 5) is 0. The Bertz CT molecular complexity index is 2980. The van der Waals surface area contributed by atoms with Crippen molar-refractivity contribution in [2.24, 2.45) is 0 Å². The third-order valence-corrected chi connectivity index (χ3v) is 10.9. The molecule has 2 aromatic heterocycles. The highest BCUT2D eigenvalue weighted by atomic mass is 15.0. The van der Waals surface area contributed by atoms with E-state index >= 15 is 0 Å². The molecule has 51 heavy (non-hydrogen) atoms. The van der Waals surface area contributed by atoms with E-state index in [9.17, 15) is 0 Å². The minimum absolute atomic E-state index is 1.00. The van der Waals surface area contributed by atoms with Crippen molar-refractivity contribution in [3.63, 3.8) is 0 Å². The summed E-state index contributed by atoms with van der Waals surface area (Å²) in [6.45, 7) is 0. The molecule has 11 rings (SSSR count). The van der Waals surface area contributed by atoms with Gasteiger partial charge in [-0.05, 0) is 106 Å². The average Bonchev–Trinajstić information content (AvgIpc) is 3.86. The standard InChI is InChI=1S/C49H32N2/c1-2-11-32(12-3-1)34-14-10-15-35(29-34)33-21-24-38(25-22-33)50-44-19-8-6-17-41(44)48-46(50)27-28-47-49(48)42-18-7-9-20-45(42)51(47)39-26-23-37-30-36-13-4-5-16-40(36)43(37)31-39/h1-29,31H,30H2. The Morgan fingerprint density at radius 2 is 0.843 bits per heavy atom. The van der Waals surface area contributed by atoms with E-state index in [2.05, 4.69) is 191 Å². The molecule has 0 unspecified atom stereocenters. The number of fused-ring (bicyclic) bond motifs is 10. The molecule has 0 N–H and O–H groups in total. The third-order valence-electron chi connectivity index (χ3n) is 10.9. The van der Waals surface area contributed by atoms with Crippen LogP contribution in [0, 0.1) is 0 Å². The first kappa shape index (κ1) is 28.2. The molecule has 0 bridgehead atoms. The van der Waals surface area contributed by atoms with Gasteiger partial charge in [-0.1, -0.05) is 127 Å². The molecule has 0 saturated carbocycles. The number of hydrogen-bond acceptors (Lipinski definition) is 0. The van der Waals surface area contributed by atoms with Gasteiger partial charge in [0.05, 0.1) is 22.1 Å². The lowest BCUT2D eigenvalue weighted by atomic mass is 9.99. The summed E-state index contributed by atoms with van der Waals surface area (Å²) < 4.78 is 4.91. The van der Waals surface area contributed by atoms with Gasteiger partial charge in [-0.3, -0.25) is 0 Å². The van der Waals surface area contributed by atoms with Crippen LogP contribution in [0.4, 0.5) is 0 Å². The Labute approximate surface area is 296 Å². The predicted molar refractivity (Wildman–Crippen MR) is 214 cm³/mol. The summed E-state index contributed by atoms with van der Waals surface area (Å²) >= 11 is 0. The largest absolute Gasteiger partial charge is 0.309 e. The summed E-state index contributed by atoms with van der Waals surface area (Å²) in [7, 11) is 0. The minimum Gasteiger partial charge on any atom is -0.309 e. The molecular formula is C49H32N2. The molecule has 0 spiro atoms. The van der Waals surface area contributed by atoms with Crippen molar-refractivity contribution >= 4 is 43.6 Å². The van der Waals surface area contributed by atoms with E-state index in [0.717, 1.165) is 12.1 Å². The quantitative estimate of drug-likeness (QED) is 0.180. The van der Waals surface area contributed by atoms with Crippen LogP contribution in [-0.4, -0.2) is 9.13 Å². The zero-order valence-electron chi connectivity index (χ0n) is 27.9. The fourth-order valence-electron chi connectivity index (χ4n) is 8.64. The molecule has 0 aliphatic heterocycles. The zero-order valence-corrected chi connectivity index (χ0v) is 27.9. The molecule has 0 fully saturated rings. The van der Waals surface area contributed by atoms with Crippen molar-refractivity contribution in [3.05, 3.63) is 193 Å². The Morgan fingerprint density at radius 1 is 0.314 bits per heavy atom. The number of nitrogens with zero attached hydrogens (tertiary/aromatic N) is 2. The van der Waals surface area contributed by atoms with E-state index in [1.165, 1.54) is 93.8 Å². The van der Waals surface area contributed by atoms with Gasteiger partial charge < -0.3 is 9.13 Å². The average molecular weight is 649 g/mol. The second-order valence-corrected chi connectivity index (χ2v) is 13.7. The van der Waals surface area contributed by atoms with Gasteiger partial charge in [0.2, 0.25) is 0 Å². The second-order valence-electron chi connectivity index (χ2n) is 13.7. The second kappa shape index (κ2) is 10.9. The molecule has 2 heterocycles. The van der Waals surface area contributed by atoms with Crippen LogP contribution in [-0.2, 0) is 6.42 Å². The maximum atomic E-state index is 2.47. The number of hydrogen-bond donors (Lipinski definition) is 0. The SMILES string of the molecule is c1ccc(-c2cccc(-c3ccc(-n4c5ccccc5c5c6c7ccccc7n(-c7ccc8c(c7)-c7ccccc7C8)c6ccc54)cc3)c2)cc1. The van der Waals surface area contributed by atoms with E-state index < -0.39 is 0 Å². The summed E-state index contributed by atoms with van der Waals surface area (Å²) in [6.07, 6.45) is 1.00. The Balaban J connectivity index is 1.10. The molecule has 10 aromatic rings. The molecule has 238 valence electrons. The van der Waals surface area contributed by atoms with Crippen molar-refractivity contribution in [1.82, 2.24) is 9.13 Å². The monoisotopic (exact) mass is 648 g/mol. The van der Waals surface area contributed by atoms with Crippen LogP contribution in [0.15, 0.2) is 182 Å². The molecule has 1 aliphatic carbocycles. The van der Waals surface area contributed by atoms with Crippen molar-refractivity contribution in [3.8, 4) is 44.8 Å². The predicted octanol–water partition coefficient (Wildman–Crippen LogP) is 12.8. The first-order valence-corrected chi connectivity index (χ1v) is 17.7. The topological polar surface area (TPSA) is 9.86 Å². The molecule has 0 saturated heterocycles. The smallest absolute Gasteiger partial charge is 0.0548 e. The van der Waals surface area contributed by atoms with Crippen LogP contribution in [0.3, 0.4) is 0 Å². The van der Waals surface area contributed by atoms with Crippen molar-refractivity contribution < 1.29 is 0 Å². The Hall–Kier alpha value is -6.64. The lowest BCUT2D eigenvalue weighted by Gasteiger charge is -2.12. The van der Waals surface area contributed by atoms with Crippen LogP contribution < -0.4 is 0 Å². The molecule has 0 radical (unpaired) electrons. The fourth-order valence-corrected chi connectivity index (χ4v) is 8.64. The minimum atomic E-state index is 1.00. The molecular weight excluding hydrogens is 617 g/mol. The lowest BCUT2D eigenvalue weighted by Crippen LogP contribution is -1.96. The summed E-state index contributed by atoms with van der Waals surface area (Å²) in [5, 5.41) is 5.14. The highest BCUT2D eigenvalue weighted by Gasteiger charge is 2.22. The number of para-hydroxylation sites is 2. The van der Waals surface area contributed by atoms with Crippen molar-refractivity contribution in [1.29, 1.82) is 0 Å². The molecule has 0 amide bonds. The van der Waals surface area contributed by atoms with E-state index in [1.54, 1.807) is 0 Å². The normalized spacial score (nSPS) is 12.2. The van der Waals surface area contributed by atoms with Gasteiger partial charge in [0.1, 0.15) is 0 Å². The number of aromatic nitrogens is 2. The van der Waals surface area contributed by atoms with E-state index in [-0.39, 0.29) is 0 Å². The van der Waals surface area contributed by atoms with E-state index in [0.29, 0.717) is 0 Å². The van der Waals surface area contributed by atoms with Crippen molar-refractivity contribution in [2.75, 3.05) is 0 Å². The number of benzene rings is 8. The van der Waals surface area contributed by atoms with Crippen LogP contribution >= 0.6 is 0 Å². The summed E-state index contributed by atoms with van der Waals surface area (Å²) in [5.74, 6) is 0. The molecule has 1 aliphatic rings. The van der Waals surface area contributed by atoms with Crippen LogP contribution in [0.25, 0.3) is 88.4 Å². The summed E-state index contributed by atoms with van der Waals surface area (Å²) in [6, 6.07) is 66.8. The van der Waals surface area contributed by atoms with Crippen molar-refractivity contribution in [2.45, 2.75) is 6.42 Å². The summed E-state index contributed by atoms with van der Waals surface area (Å²) in [5.41, 5.74) is 17.6. The first-order valence-electron chi connectivity index (χ1n) is 17.7. The van der Waals surface area contributed by atoms with Crippen LogP contribution in [0.2, 0.25) is 0 Å². The van der Waals surface area contributed by atoms with Crippen LogP contribution in [0.5, 0.6) is 0 Å². The highest BCUT2D eigenvalue weighted by molar-refractivity contribution is 6.28. The molecule has 8 aromatic carbocycles. The van der Waals surface area contributed by atoms with Gasteiger partial charge in [-0.25, -0.2) is 0 Å². The molecule has 2 nitrogen and oxygen atoms in total. The zero-order chi connectivity index (χ0) is 33.5. The van der Waals surface area contributed by atoms with Crippen LogP contribution in [0.1, 0.15) is 11.1 Å². The molecule has 0 atom stereocenters.